The molecule has 1 aromatic rings. The van der Waals surface area contributed by atoms with Crippen LogP contribution in [0.15, 0.2) is 29.3 Å². The lowest BCUT2D eigenvalue weighted by Crippen LogP contribution is -1.96. The van der Waals surface area contributed by atoms with E-state index in [-0.39, 0.29) is 5.75 Å². The van der Waals surface area contributed by atoms with Crippen molar-refractivity contribution in [3.63, 3.8) is 0 Å². The van der Waals surface area contributed by atoms with Crippen LogP contribution >= 0.6 is 0 Å². The predicted octanol–water partition coefficient (Wildman–Crippen LogP) is 3.53. The summed E-state index contributed by atoms with van der Waals surface area (Å²) in [5, 5.41) is 9.09. The fraction of sp³-hybridized carbons (Fsp3) is 0.417. The lowest BCUT2D eigenvalue weighted by atomic mass is 10.1. The Kier molecular flexibility index (Phi) is 3.69. The molecule has 1 rings (SSSR count). The van der Waals surface area contributed by atoms with Crippen molar-refractivity contribution in [3.05, 3.63) is 24.3 Å². The first-order valence-electron chi connectivity index (χ1n) is 4.91. The molecule has 0 atom stereocenters. The maximum absolute atomic E-state index is 9.09. The molecule has 0 unspecified atom stereocenters. The van der Waals surface area contributed by atoms with Gasteiger partial charge in [-0.3, -0.25) is 4.99 Å². The minimum absolute atomic E-state index is 0.283. The molecule has 0 aliphatic heterocycles. The van der Waals surface area contributed by atoms with Gasteiger partial charge < -0.3 is 5.11 Å². The summed E-state index contributed by atoms with van der Waals surface area (Å²) in [4.78, 5) is 4.45. The van der Waals surface area contributed by atoms with Crippen molar-refractivity contribution >= 4 is 11.4 Å². The maximum Gasteiger partial charge on any atom is 0.115 e. The number of rotatable bonds is 3. The molecule has 0 aromatic heterocycles. The molecule has 2 heteroatoms. The monoisotopic (exact) mass is 191 g/mol. The standard InChI is InChI=1S/C12H17NO/c1-9(2)8-10(3)13-11-4-6-12(14)7-5-11/h4-7,9,14H,8H2,1-3H3. The number of phenols is 1. The molecule has 14 heavy (non-hydrogen) atoms. The number of aromatic hydroxyl groups is 1. The van der Waals surface area contributed by atoms with E-state index in [0.717, 1.165) is 17.8 Å². The number of aliphatic imine (C=N–C) groups is 1. The Morgan fingerprint density at radius 2 is 1.86 bits per heavy atom. The molecule has 76 valence electrons. The van der Waals surface area contributed by atoms with E-state index in [9.17, 15) is 0 Å². The Morgan fingerprint density at radius 1 is 1.29 bits per heavy atom. The van der Waals surface area contributed by atoms with Gasteiger partial charge in [-0.15, -0.1) is 0 Å². The van der Waals surface area contributed by atoms with Gasteiger partial charge in [0.2, 0.25) is 0 Å². The normalized spacial score (nSPS) is 12.1. The fourth-order valence-electron chi connectivity index (χ4n) is 1.38. The van der Waals surface area contributed by atoms with Crippen LogP contribution in [0.1, 0.15) is 27.2 Å². The molecule has 0 bridgehead atoms. The first kappa shape index (κ1) is 10.8. The second-order valence-corrected chi connectivity index (χ2v) is 3.96. The van der Waals surface area contributed by atoms with Gasteiger partial charge in [0, 0.05) is 5.71 Å². The molecular weight excluding hydrogens is 174 g/mol. The van der Waals surface area contributed by atoms with Gasteiger partial charge in [-0.2, -0.15) is 0 Å². The number of hydrogen-bond acceptors (Lipinski definition) is 2. The Morgan fingerprint density at radius 3 is 2.36 bits per heavy atom. The summed E-state index contributed by atoms with van der Waals surface area (Å²) in [5.74, 6) is 0.918. The van der Waals surface area contributed by atoms with Crippen molar-refractivity contribution in [1.29, 1.82) is 0 Å². The maximum atomic E-state index is 9.09. The molecule has 0 amide bonds. The molecule has 1 N–H and O–H groups in total. The molecule has 0 spiro atoms. The molecule has 0 saturated heterocycles. The zero-order chi connectivity index (χ0) is 10.6. The van der Waals surface area contributed by atoms with Crippen LogP contribution < -0.4 is 0 Å². The van der Waals surface area contributed by atoms with E-state index in [1.807, 2.05) is 19.1 Å². The summed E-state index contributed by atoms with van der Waals surface area (Å²) in [5.41, 5.74) is 2.03. The highest BCUT2D eigenvalue weighted by Crippen LogP contribution is 2.17. The Balaban J connectivity index is 2.71. The van der Waals surface area contributed by atoms with Crippen molar-refractivity contribution in [3.8, 4) is 5.75 Å². The summed E-state index contributed by atoms with van der Waals surface area (Å²) in [6, 6.07) is 6.95. The van der Waals surface area contributed by atoms with Crippen molar-refractivity contribution in [2.45, 2.75) is 27.2 Å². The van der Waals surface area contributed by atoms with Gasteiger partial charge in [0.25, 0.3) is 0 Å². The number of nitrogens with zero attached hydrogens (tertiary/aromatic N) is 1. The second kappa shape index (κ2) is 4.80. The molecule has 0 aliphatic rings. The molecule has 0 fully saturated rings. The van der Waals surface area contributed by atoms with E-state index in [4.69, 9.17) is 5.11 Å². The van der Waals surface area contributed by atoms with E-state index in [1.54, 1.807) is 12.1 Å². The summed E-state index contributed by atoms with van der Waals surface area (Å²) in [6.07, 6.45) is 1.01. The molecule has 1 aromatic carbocycles. The van der Waals surface area contributed by atoms with Gasteiger partial charge in [0.15, 0.2) is 0 Å². The quantitative estimate of drug-likeness (QED) is 0.728. The Labute approximate surface area is 85.3 Å². The summed E-state index contributed by atoms with van der Waals surface area (Å²) in [7, 11) is 0. The van der Waals surface area contributed by atoms with Crippen molar-refractivity contribution in [2.75, 3.05) is 0 Å². The van der Waals surface area contributed by atoms with Gasteiger partial charge in [0.05, 0.1) is 5.69 Å². The predicted molar refractivity (Wildman–Crippen MR) is 60.3 cm³/mol. The molecule has 0 radical (unpaired) electrons. The van der Waals surface area contributed by atoms with Gasteiger partial charge >= 0.3 is 0 Å². The van der Waals surface area contributed by atoms with E-state index in [2.05, 4.69) is 18.8 Å². The summed E-state index contributed by atoms with van der Waals surface area (Å²) in [6.45, 7) is 6.39. The lowest BCUT2D eigenvalue weighted by molar-refractivity contribution is 0.475. The topological polar surface area (TPSA) is 32.6 Å². The van der Waals surface area contributed by atoms with Crippen LogP contribution in [0, 0.1) is 5.92 Å². The van der Waals surface area contributed by atoms with E-state index in [1.165, 1.54) is 0 Å². The van der Waals surface area contributed by atoms with E-state index in [0.29, 0.717) is 5.92 Å². The highest BCUT2D eigenvalue weighted by Gasteiger charge is 1.97. The molecular formula is C12H17NO. The third-order valence-electron chi connectivity index (χ3n) is 1.87. The smallest absolute Gasteiger partial charge is 0.115 e. The van der Waals surface area contributed by atoms with Gasteiger partial charge in [0.1, 0.15) is 5.75 Å². The van der Waals surface area contributed by atoms with Crippen molar-refractivity contribution in [1.82, 2.24) is 0 Å². The van der Waals surface area contributed by atoms with Gasteiger partial charge in [-0.25, -0.2) is 0 Å². The largest absolute Gasteiger partial charge is 0.508 e. The minimum atomic E-state index is 0.283. The Hall–Kier alpha value is -1.31. The first-order valence-corrected chi connectivity index (χ1v) is 4.91. The third-order valence-corrected chi connectivity index (χ3v) is 1.87. The van der Waals surface area contributed by atoms with E-state index >= 15 is 0 Å². The Bertz CT molecular complexity index is 312. The highest BCUT2D eigenvalue weighted by molar-refractivity contribution is 5.84. The zero-order valence-electron chi connectivity index (χ0n) is 8.99. The van der Waals surface area contributed by atoms with Crippen LogP contribution in [0.3, 0.4) is 0 Å². The molecule has 0 aliphatic carbocycles. The van der Waals surface area contributed by atoms with Crippen molar-refractivity contribution < 1.29 is 5.11 Å². The van der Waals surface area contributed by atoms with Crippen LogP contribution in [0.2, 0.25) is 0 Å². The van der Waals surface area contributed by atoms with Crippen LogP contribution in [0.5, 0.6) is 5.75 Å². The van der Waals surface area contributed by atoms with Crippen LogP contribution in [0.25, 0.3) is 0 Å². The third kappa shape index (κ3) is 3.60. The lowest BCUT2D eigenvalue weighted by Gasteiger charge is -2.03. The number of phenolic OH excluding ortho intramolecular Hbond substituents is 1. The summed E-state index contributed by atoms with van der Waals surface area (Å²) < 4.78 is 0. The zero-order valence-corrected chi connectivity index (χ0v) is 8.99. The van der Waals surface area contributed by atoms with Crippen LogP contribution in [-0.2, 0) is 0 Å². The summed E-state index contributed by atoms with van der Waals surface area (Å²) >= 11 is 0. The van der Waals surface area contributed by atoms with Gasteiger partial charge in [-0.1, -0.05) is 13.8 Å². The second-order valence-electron chi connectivity index (χ2n) is 3.96. The van der Waals surface area contributed by atoms with Crippen LogP contribution in [0.4, 0.5) is 5.69 Å². The van der Waals surface area contributed by atoms with E-state index < -0.39 is 0 Å². The number of benzene rings is 1. The minimum Gasteiger partial charge on any atom is -0.508 e. The molecule has 2 nitrogen and oxygen atoms in total. The first-order chi connectivity index (χ1) is 6.58. The van der Waals surface area contributed by atoms with Crippen molar-refractivity contribution in [2.24, 2.45) is 10.9 Å². The average molecular weight is 191 g/mol. The molecule has 0 heterocycles. The average Bonchev–Trinajstić information content (AvgIpc) is 2.07. The van der Waals surface area contributed by atoms with Gasteiger partial charge in [-0.05, 0) is 43.5 Å². The molecule has 0 saturated carbocycles. The number of hydrogen-bond donors (Lipinski definition) is 1. The van der Waals surface area contributed by atoms with Crippen LogP contribution in [-0.4, -0.2) is 10.8 Å². The SMILES string of the molecule is CC(CC(C)C)=Nc1ccc(O)cc1. The highest BCUT2D eigenvalue weighted by atomic mass is 16.3. The fourth-order valence-corrected chi connectivity index (χ4v) is 1.38.